The topological polar surface area (TPSA) is 35.0 Å². The monoisotopic (exact) mass is 444 g/mol. The number of unbranched alkanes of at least 4 members (excludes halogenated alkanes) is 4. The van der Waals surface area contributed by atoms with E-state index in [1.54, 1.807) is 24.3 Å². The average Bonchev–Trinajstić information content (AvgIpc) is 2.83. The number of nitrogens with zero attached hydrogens (tertiary/aromatic N) is 2. The molecular formula is C27H38F2N2O. The summed E-state index contributed by atoms with van der Waals surface area (Å²) in [7, 11) is 0. The van der Waals surface area contributed by atoms with Crippen molar-refractivity contribution in [2.75, 3.05) is 6.61 Å². The molecule has 0 bridgehead atoms. The van der Waals surface area contributed by atoms with E-state index in [-0.39, 0.29) is 5.56 Å². The maximum absolute atomic E-state index is 14.8. The van der Waals surface area contributed by atoms with Crippen LogP contribution in [0, 0.1) is 23.5 Å². The predicted molar refractivity (Wildman–Crippen MR) is 126 cm³/mol. The number of benzene rings is 1. The van der Waals surface area contributed by atoms with Gasteiger partial charge in [-0.15, -0.1) is 10.2 Å². The maximum atomic E-state index is 14.8. The Hall–Kier alpha value is -2.04. The number of hydrogen-bond donors (Lipinski definition) is 0. The Balaban J connectivity index is 1.53. The van der Waals surface area contributed by atoms with Gasteiger partial charge in [0, 0.05) is 11.6 Å². The van der Waals surface area contributed by atoms with E-state index in [1.807, 2.05) is 0 Å². The van der Waals surface area contributed by atoms with Crippen molar-refractivity contribution in [3.63, 3.8) is 0 Å². The van der Waals surface area contributed by atoms with Crippen LogP contribution in [0.25, 0.3) is 11.3 Å². The fourth-order valence-electron chi connectivity index (χ4n) is 4.69. The maximum Gasteiger partial charge on any atom is 0.233 e. The highest BCUT2D eigenvalue weighted by Crippen LogP contribution is 2.34. The molecule has 3 nitrogen and oxygen atoms in total. The highest BCUT2D eigenvalue weighted by atomic mass is 19.2. The second-order valence-electron chi connectivity index (χ2n) is 9.25. The smallest absolute Gasteiger partial charge is 0.233 e. The van der Waals surface area contributed by atoms with Gasteiger partial charge in [0.05, 0.1) is 12.3 Å². The minimum Gasteiger partial charge on any atom is -0.477 e. The summed E-state index contributed by atoms with van der Waals surface area (Å²) < 4.78 is 35.1. The van der Waals surface area contributed by atoms with E-state index in [2.05, 4.69) is 24.0 Å². The van der Waals surface area contributed by atoms with E-state index in [0.717, 1.165) is 25.2 Å². The van der Waals surface area contributed by atoms with Crippen molar-refractivity contribution in [1.29, 1.82) is 0 Å². The largest absolute Gasteiger partial charge is 0.477 e. The molecule has 2 aromatic rings. The minimum absolute atomic E-state index is 0.147. The van der Waals surface area contributed by atoms with Crippen LogP contribution < -0.4 is 4.74 Å². The Morgan fingerprint density at radius 3 is 2.28 bits per heavy atom. The highest BCUT2D eigenvalue weighted by Gasteiger charge is 2.21. The van der Waals surface area contributed by atoms with Gasteiger partial charge in [0.1, 0.15) is 0 Å². The van der Waals surface area contributed by atoms with Crippen LogP contribution in [-0.2, 0) is 6.42 Å². The van der Waals surface area contributed by atoms with Crippen LogP contribution in [0.1, 0.15) is 90.0 Å². The van der Waals surface area contributed by atoms with Gasteiger partial charge in [-0.25, -0.2) is 8.78 Å². The Morgan fingerprint density at radius 1 is 0.844 bits per heavy atom. The summed E-state index contributed by atoms with van der Waals surface area (Å²) in [5, 5.41) is 8.09. The van der Waals surface area contributed by atoms with Crippen LogP contribution in [0.3, 0.4) is 0 Å². The van der Waals surface area contributed by atoms with E-state index in [4.69, 9.17) is 4.74 Å². The Labute approximate surface area is 192 Å². The van der Waals surface area contributed by atoms with E-state index in [9.17, 15) is 8.78 Å². The fourth-order valence-corrected chi connectivity index (χ4v) is 4.69. The average molecular weight is 445 g/mol. The van der Waals surface area contributed by atoms with Crippen LogP contribution in [0.5, 0.6) is 5.88 Å². The Bertz CT molecular complexity index is 817. The van der Waals surface area contributed by atoms with Gasteiger partial charge in [-0.3, -0.25) is 0 Å². The van der Waals surface area contributed by atoms with Crippen LogP contribution in [-0.4, -0.2) is 16.8 Å². The van der Waals surface area contributed by atoms with Crippen molar-refractivity contribution in [1.82, 2.24) is 10.2 Å². The summed E-state index contributed by atoms with van der Waals surface area (Å²) in [4.78, 5) is 0. The molecule has 1 aromatic heterocycles. The lowest BCUT2D eigenvalue weighted by molar-refractivity contribution is 0.258. The number of halogens is 2. The van der Waals surface area contributed by atoms with E-state index in [1.165, 1.54) is 51.4 Å². The second-order valence-corrected chi connectivity index (χ2v) is 9.25. The molecule has 5 heteroatoms. The highest BCUT2D eigenvalue weighted by molar-refractivity contribution is 5.60. The normalized spacial score (nSPS) is 18.6. The molecular weight excluding hydrogens is 406 g/mol. The third kappa shape index (κ3) is 6.98. The zero-order valence-corrected chi connectivity index (χ0v) is 19.7. The van der Waals surface area contributed by atoms with Crippen molar-refractivity contribution in [2.45, 2.75) is 90.9 Å². The SMILES string of the molecule is CCCCCCCOc1ccc(-c2ccc(CCC3CCC(CC)CC3)c(F)c2F)nn1. The summed E-state index contributed by atoms with van der Waals surface area (Å²) in [5.74, 6) is 0.308. The zero-order chi connectivity index (χ0) is 22.8. The van der Waals surface area contributed by atoms with Crippen molar-refractivity contribution in [2.24, 2.45) is 11.8 Å². The molecule has 0 atom stereocenters. The Kier molecular flexibility index (Phi) is 9.89. The van der Waals surface area contributed by atoms with Gasteiger partial charge < -0.3 is 4.74 Å². The lowest BCUT2D eigenvalue weighted by Crippen LogP contribution is -2.14. The van der Waals surface area contributed by atoms with Crippen molar-refractivity contribution in [3.05, 3.63) is 41.5 Å². The first-order valence-corrected chi connectivity index (χ1v) is 12.6. The molecule has 0 aliphatic heterocycles. The van der Waals surface area contributed by atoms with Crippen molar-refractivity contribution >= 4 is 0 Å². The molecule has 0 saturated heterocycles. The standard InChI is InChI=1S/C27H38F2N2O/c1-3-5-6-7-8-19-32-25-18-17-24(30-31-25)23-16-15-22(26(28)27(23)29)14-13-21-11-9-20(4-2)10-12-21/h15-18,20-21H,3-14,19H2,1-2H3. The molecule has 0 N–H and O–H groups in total. The lowest BCUT2D eigenvalue weighted by Gasteiger charge is -2.27. The minimum atomic E-state index is -0.837. The molecule has 0 radical (unpaired) electrons. The molecule has 1 aliphatic carbocycles. The fraction of sp³-hybridized carbons (Fsp3) is 0.630. The molecule has 1 heterocycles. The van der Waals surface area contributed by atoms with E-state index in [0.29, 0.717) is 36.1 Å². The first-order chi connectivity index (χ1) is 15.6. The summed E-state index contributed by atoms with van der Waals surface area (Å²) in [6.45, 7) is 5.04. The van der Waals surface area contributed by atoms with Gasteiger partial charge in [0.2, 0.25) is 5.88 Å². The Morgan fingerprint density at radius 2 is 1.59 bits per heavy atom. The van der Waals surface area contributed by atoms with Crippen molar-refractivity contribution in [3.8, 4) is 17.1 Å². The number of aromatic nitrogens is 2. The van der Waals surface area contributed by atoms with Crippen LogP contribution in [0.15, 0.2) is 24.3 Å². The van der Waals surface area contributed by atoms with Gasteiger partial charge >= 0.3 is 0 Å². The molecule has 1 fully saturated rings. The number of hydrogen-bond acceptors (Lipinski definition) is 3. The molecule has 176 valence electrons. The first kappa shape index (κ1) is 24.6. The van der Waals surface area contributed by atoms with Gasteiger partial charge in [-0.05, 0) is 48.8 Å². The third-order valence-electron chi connectivity index (χ3n) is 6.94. The van der Waals surface area contributed by atoms with Gasteiger partial charge in [-0.2, -0.15) is 0 Å². The summed E-state index contributed by atoms with van der Waals surface area (Å²) in [6.07, 6.45) is 13.5. The van der Waals surface area contributed by atoms with Crippen molar-refractivity contribution < 1.29 is 13.5 Å². The molecule has 32 heavy (non-hydrogen) atoms. The zero-order valence-electron chi connectivity index (χ0n) is 19.7. The first-order valence-electron chi connectivity index (χ1n) is 12.6. The predicted octanol–water partition coefficient (Wildman–Crippen LogP) is 7.92. The van der Waals surface area contributed by atoms with Gasteiger partial charge in [0.15, 0.2) is 11.6 Å². The van der Waals surface area contributed by atoms with Crippen LogP contribution in [0.4, 0.5) is 8.78 Å². The molecule has 0 spiro atoms. The molecule has 3 rings (SSSR count). The third-order valence-corrected chi connectivity index (χ3v) is 6.94. The quantitative estimate of drug-likeness (QED) is 0.312. The van der Waals surface area contributed by atoms with Gasteiger partial charge in [-0.1, -0.05) is 77.7 Å². The van der Waals surface area contributed by atoms with Gasteiger partial charge in [0.25, 0.3) is 0 Å². The van der Waals surface area contributed by atoms with Crippen LogP contribution >= 0.6 is 0 Å². The number of aryl methyl sites for hydroxylation is 1. The summed E-state index contributed by atoms with van der Waals surface area (Å²) in [5.41, 5.74) is 0.925. The molecule has 0 amide bonds. The lowest BCUT2D eigenvalue weighted by atomic mass is 9.78. The second kappa shape index (κ2) is 12.9. The summed E-state index contributed by atoms with van der Waals surface area (Å²) >= 11 is 0. The number of ether oxygens (including phenoxy) is 1. The molecule has 0 unspecified atom stereocenters. The molecule has 1 saturated carbocycles. The van der Waals surface area contributed by atoms with E-state index < -0.39 is 11.6 Å². The van der Waals surface area contributed by atoms with Crippen LogP contribution in [0.2, 0.25) is 0 Å². The number of rotatable bonds is 12. The van der Waals surface area contributed by atoms with E-state index >= 15 is 0 Å². The molecule has 1 aromatic carbocycles. The molecule has 1 aliphatic rings. The summed E-state index contributed by atoms with van der Waals surface area (Å²) in [6, 6.07) is 6.64.